The van der Waals surface area contributed by atoms with Crippen LogP contribution in [0.4, 0.5) is 5.82 Å². The van der Waals surface area contributed by atoms with Gasteiger partial charge >= 0.3 is 0 Å². The van der Waals surface area contributed by atoms with Crippen molar-refractivity contribution in [3.8, 4) is 0 Å². The van der Waals surface area contributed by atoms with Crippen LogP contribution in [0.15, 0.2) is 12.3 Å². The molecule has 0 aliphatic carbocycles. The van der Waals surface area contributed by atoms with Gasteiger partial charge in [0.2, 0.25) is 5.91 Å². The van der Waals surface area contributed by atoms with E-state index in [4.69, 9.17) is 11.6 Å². The first-order valence-electron chi connectivity index (χ1n) is 6.01. The summed E-state index contributed by atoms with van der Waals surface area (Å²) in [5, 5.41) is 3.06. The van der Waals surface area contributed by atoms with Gasteiger partial charge < -0.3 is 5.32 Å². The number of carbonyl (C=O) groups is 1. The second-order valence-electron chi connectivity index (χ2n) is 4.79. The molecular weight excluding hydrogens is 415 g/mol. The van der Waals surface area contributed by atoms with E-state index < -0.39 is 9.84 Å². The van der Waals surface area contributed by atoms with E-state index in [2.05, 4.69) is 10.3 Å². The molecule has 1 aromatic heterocycles. The predicted octanol–water partition coefficient (Wildman–Crippen LogP) is 2.74. The van der Waals surface area contributed by atoms with Crippen LogP contribution >= 0.6 is 34.2 Å². The van der Waals surface area contributed by atoms with Crippen LogP contribution < -0.4 is 5.32 Å². The largest absolute Gasteiger partial charge is 0.310 e. The van der Waals surface area contributed by atoms with Crippen molar-refractivity contribution in [2.45, 2.75) is 20.3 Å². The molecular formula is C12H16ClIN2O3S. The van der Waals surface area contributed by atoms with E-state index in [-0.39, 0.29) is 29.8 Å². The minimum Gasteiger partial charge on any atom is -0.310 e. The van der Waals surface area contributed by atoms with Gasteiger partial charge in [0.05, 0.1) is 20.1 Å². The lowest BCUT2D eigenvalue weighted by Crippen LogP contribution is -2.21. The second kappa shape index (κ2) is 7.56. The number of halogens is 2. The van der Waals surface area contributed by atoms with Crippen molar-refractivity contribution in [3.63, 3.8) is 0 Å². The Bertz CT molecular complexity index is 590. The first kappa shape index (κ1) is 17.6. The number of hydrogen-bond acceptors (Lipinski definition) is 4. The van der Waals surface area contributed by atoms with Gasteiger partial charge in [0.1, 0.15) is 5.82 Å². The van der Waals surface area contributed by atoms with Crippen LogP contribution in [0.1, 0.15) is 20.3 Å². The zero-order valence-corrected chi connectivity index (χ0v) is 14.9. The van der Waals surface area contributed by atoms with Crippen molar-refractivity contribution in [2.75, 3.05) is 16.8 Å². The molecule has 0 spiro atoms. The van der Waals surface area contributed by atoms with Crippen LogP contribution in [0.3, 0.4) is 0 Å². The highest BCUT2D eigenvalue weighted by Crippen LogP contribution is 2.19. The van der Waals surface area contributed by atoms with Gasteiger partial charge in [-0.25, -0.2) is 13.4 Å². The summed E-state index contributed by atoms with van der Waals surface area (Å²) in [5.74, 6) is 0.0198. The Kier molecular flexibility index (Phi) is 6.67. The molecule has 8 heteroatoms. The molecule has 0 aliphatic heterocycles. The van der Waals surface area contributed by atoms with E-state index in [9.17, 15) is 13.2 Å². The van der Waals surface area contributed by atoms with Gasteiger partial charge in [0.15, 0.2) is 9.84 Å². The van der Waals surface area contributed by atoms with E-state index in [0.717, 1.165) is 0 Å². The molecule has 112 valence electrons. The number of aromatic nitrogens is 1. The quantitative estimate of drug-likeness (QED) is 0.704. The van der Waals surface area contributed by atoms with Crippen molar-refractivity contribution in [1.82, 2.24) is 4.98 Å². The predicted molar refractivity (Wildman–Crippen MR) is 88.7 cm³/mol. The molecule has 0 aliphatic rings. The fraction of sp³-hybridized carbons (Fsp3) is 0.500. The Hall–Kier alpha value is -0.410. The van der Waals surface area contributed by atoms with Crippen LogP contribution in [0.5, 0.6) is 0 Å². The zero-order chi connectivity index (χ0) is 15.3. The molecule has 1 amide bonds. The fourth-order valence-electron chi connectivity index (χ4n) is 1.54. The topological polar surface area (TPSA) is 76.1 Å². The van der Waals surface area contributed by atoms with Crippen LogP contribution in [0.25, 0.3) is 0 Å². The summed E-state index contributed by atoms with van der Waals surface area (Å²) >= 11 is 7.76. The average Bonchev–Trinajstić information content (AvgIpc) is 2.29. The average molecular weight is 431 g/mol. The van der Waals surface area contributed by atoms with Gasteiger partial charge in [-0.15, -0.1) is 0 Å². The minimum absolute atomic E-state index is 0.0574. The van der Waals surface area contributed by atoms with Gasteiger partial charge in [-0.05, 0) is 34.6 Å². The standard InChI is InChI=1S/C12H16ClIN2O3S/c1-8(2)7-20(18,19)4-3-11(17)16-12-10(14)5-9(13)6-15-12/h5-6,8H,3-4,7H2,1-2H3,(H,15,16,17). The van der Waals surface area contributed by atoms with Gasteiger partial charge in [0, 0.05) is 12.6 Å². The van der Waals surface area contributed by atoms with Gasteiger partial charge in [-0.2, -0.15) is 0 Å². The van der Waals surface area contributed by atoms with Gasteiger partial charge in [-0.1, -0.05) is 25.4 Å². The summed E-state index contributed by atoms with van der Waals surface area (Å²) in [6, 6.07) is 1.67. The SMILES string of the molecule is CC(C)CS(=O)(=O)CCC(=O)Nc1ncc(Cl)cc1I. The first-order chi connectivity index (χ1) is 9.19. The molecule has 5 nitrogen and oxygen atoms in total. The van der Waals surface area contributed by atoms with E-state index in [1.807, 2.05) is 36.4 Å². The maximum Gasteiger partial charge on any atom is 0.226 e. The number of hydrogen-bond donors (Lipinski definition) is 1. The molecule has 0 bridgehead atoms. The van der Waals surface area contributed by atoms with Crippen LogP contribution in [-0.4, -0.2) is 30.8 Å². The Morgan fingerprint density at radius 1 is 1.50 bits per heavy atom. The van der Waals surface area contributed by atoms with Crippen LogP contribution in [0.2, 0.25) is 5.02 Å². The molecule has 0 saturated carbocycles. The molecule has 1 heterocycles. The molecule has 0 atom stereocenters. The molecule has 0 saturated heterocycles. The molecule has 1 N–H and O–H groups in total. The Morgan fingerprint density at radius 2 is 2.15 bits per heavy atom. The van der Waals surface area contributed by atoms with E-state index >= 15 is 0 Å². The van der Waals surface area contributed by atoms with E-state index in [1.165, 1.54) is 6.20 Å². The number of nitrogens with zero attached hydrogens (tertiary/aromatic N) is 1. The summed E-state index contributed by atoms with van der Waals surface area (Å²) in [4.78, 5) is 15.7. The number of rotatable bonds is 6. The van der Waals surface area contributed by atoms with Gasteiger partial charge in [-0.3, -0.25) is 4.79 Å². The van der Waals surface area contributed by atoms with E-state index in [0.29, 0.717) is 14.4 Å². The number of anilines is 1. The third-order valence-electron chi connectivity index (χ3n) is 2.29. The zero-order valence-electron chi connectivity index (χ0n) is 11.2. The third-order valence-corrected chi connectivity index (χ3v) is 5.32. The number of carbonyl (C=O) groups excluding carboxylic acids is 1. The summed E-state index contributed by atoms with van der Waals surface area (Å²) in [6.07, 6.45) is 1.35. The molecule has 20 heavy (non-hydrogen) atoms. The Labute approximate surface area is 137 Å². The van der Waals surface area contributed by atoms with Crippen LogP contribution in [0, 0.1) is 9.49 Å². The molecule has 1 aromatic rings. The molecule has 0 fully saturated rings. The van der Waals surface area contributed by atoms with Crippen molar-refractivity contribution >= 4 is 55.8 Å². The van der Waals surface area contributed by atoms with Crippen molar-refractivity contribution < 1.29 is 13.2 Å². The molecule has 1 rings (SSSR count). The maximum atomic E-state index is 11.7. The lowest BCUT2D eigenvalue weighted by Gasteiger charge is -2.08. The summed E-state index contributed by atoms with van der Waals surface area (Å²) in [6.45, 7) is 3.66. The Morgan fingerprint density at radius 3 is 2.70 bits per heavy atom. The minimum atomic E-state index is -3.19. The summed E-state index contributed by atoms with van der Waals surface area (Å²) in [7, 11) is -3.19. The highest BCUT2D eigenvalue weighted by Gasteiger charge is 2.16. The first-order valence-corrected chi connectivity index (χ1v) is 9.29. The fourth-order valence-corrected chi connectivity index (χ4v) is 4.17. The van der Waals surface area contributed by atoms with Gasteiger partial charge in [0.25, 0.3) is 0 Å². The van der Waals surface area contributed by atoms with Crippen molar-refractivity contribution in [1.29, 1.82) is 0 Å². The van der Waals surface area contributed by atoms with E-state index in [1.54, 1.807) is 6.07 Å². The molecule has 0 aromatic carbocycles. The monoisotopic (exact) mass is 430 g/mol. The lowest BCUT2D eigenvalue weighted by molar-refractivity contribution is -0.115. The highest BCUT2D eigenvalue weighted by molar-refractivity contribution is 14.1. The molecule has 0 unspecified atom stereocenters. The number of pyridine rings is 1. The smallest absolute Gasteiger partial charge is 0.226 e. The highest BCUT2D eigenvalue weighted by atomic mass is 127. The van der Waals surface area contributed by atoms with Crippen molar-refractivity contribution in [2.24, 2.45) is 5.92 Å². The number of amides is 1. The van der Waals surface area contributed by atoms with Crippen molar-refractivity contribution in [3.05, 3.63) is 20.9 Å². The van der Waals surface area contributed by atoms with Crippen LogP contribution in [-0.2, 0) is 14.6 Å². The number of nitrogens with one attached hydrogen (secondary N) is 1. The molecule has 0 radical (unpaired) electrons. The third kappa shape index (κ3) is 6.36. The second-order valence-corrected chi connectivity index (χ2v) is 8.62. The number of sulfone groups is 1. The maximum absolute atomic E-state index is 11.7. The normalized spacial score (nSPS) is 11.7. The summed E-state index contributed by atoms with van der Waals surface area (Å²) < 4.78 is 24.1. The Balaban J connectivity index is 2.56. The summed E-state index contributed by atoms with van der Waals surface area (Å²) in [5.41, 5.74) is 0. The lowest BCUT2D eigenvalue weighted by atomic mass is 10.3.